The molecule has 6 heteroatoms. The number of esters is 1. The minimum Gasteiger partial charge on any atom is -0.508 e. The molecule has 0 aromatic heterocycles. The van der Waals surface area contributed by atoms with E-state index >= 15 is 0 Å². The largest absolute Gasteiger partial charge is 0.508 e. The maximum atomic E-state index is 11.5. The Morgan fingerprint density at radius 2 is 1.30 bits per heavy atom. The lowest BCUT2D eigenvalue weighted by atomic mass is 9.76. The highest BCUT2D eigenvalue weighted by molar-refractivity contribution is 5.72. The summed E-state index contributed by atoms with van der Waals surface area (Å²) in [5.41, 5.74) is 4.14. The highest BCUT2D eigenvalue weighted by Crippen LogP contribution is 2.46. The van der Waals surface area contributed by atoms with Crippen molar-refractivity contribution in [2.45, 2.75) is 76.0 Å². The monoisotopic (exact) mass is 454 g/mol. The van der Waals surface area contributed by atoms with Gasteiger partial charge >= 0.3 is 11.9 Å². The third-order valence-corrected chi connectivity index (χ3v) is 7.63. The van der Waals surface area contributed by atoms with Crippen molar-refractivity contribution in [2.24, 2.45) is 0 Å². The van der Waals surface area contributed by atoms with Crippen LogP contribution in [0.2, 0.25) is 0 Å². The van der Waals surface area contributed by atoms with E-state index in [1.165, 1.54) is 18.2 Å². The zero-order valence-electron chi connectivity index (χ0n) is 19.7. The van der Waals surface area contributed by atoms with E-state index in [1.807, 2.05) is 19.1 Å². The van der Waals surface area contributed by atoms with Gasteiger partial charge in [0.2, 0.25) is 0 Å². The number of rotatable bonds is 6. The summed E-state index contributed by atoms with van der Waals surface area (Å²) in [6.07, 6.45) is 5.95. The van der Waals surface area contributed by atoms with Crippen LogP contribution in [0.4, 0.5) is 0 Å². The van der Waals surface area contributed by atoms with Crippen LogP contribution >= 0.6 is 0 Å². The van der Waals surface area contributed by atoms with Crippen LogP contribution in [0.5, 0.6) is 11.5 Å². The first-order valence-electron chi connectivity index (χ1n) is 11.6. The first kappa shape index (κ1) is 24.6. The summed E-state index contributed by atoms with van der Waals surface area (Å²) in [4.78, 5) is 22.5. The van der Waals surface area contributed by atoms with Crippen LogP contribution in [0.25, 0.3) is 0 Å². The molecule has 0 spiro atoms. The van der Waals surface area contributed by atoms with E-state index in [-0.39, 0.29) is 34.7 Å². The van der Waals surface area contributed by atoms with Gasteiger partial charge in [-0.15, -0.1) is 0 Å². The molecular weight excluding hydrogens is 420 g/mol. The lowest BCUT2D eigenvalue weighted by Crippen LogP contribution is -2.26. The summed E-state index contributed by atoms with van der Waals surface area (Å²) in [5.74, 6) is -0.446. The minimum absolute atomic E-state index is 0.152. The second-order valence-electron chi connectivity index (χ2n) is 9.27. The van der Waals surface area contributed by atoms with Crippen molar-refractivity contribution in [3.63, 3.8) is 0 Å². The van der Waals surface area contributed by atoms with Crippen molar-refractivity contribution in [3.8, 4) is 11.5 Å². The molecule has 178 valence electrons. The summed E-state index contributed by atoms with van der Waals surface area (Å²) in [6, 6.07) is 10.8. The van der Waals surface area contributed by atoms with Gasteiger partial charge < -0.3 is 20.1 Å². The van der Waals surface area contributed by atoms with E-state index in [4.69, 9.17) is 9.84 Å². The number of methoxy groups -OCH3 is 1. The zero-order valence-corrected chi connectivity index (χ0v) is 19.7. The second-order valence-corrected chi connectivity index (χ2v) is 9.27. The van der Waals surface area contributed by atoms with Crippen molar-refractivity contribution in [1.29, 1.82) is 0 Å². The number of hydrogen-bond donors (Lipinski definition) is 3. The Morgan fingerprint density at radius 3 is 1.70 bits per heavy atom. The number of aromatic hydroxyl groups is 2. The molecule has 2 unspecified atom stereocenters. The van der Waals surface area contributed by atoms with Gasteiger partial charge in [-0.05, 0) is 85.0 Å². The van der Waals surface area contributed by atoms with Crippen molar-refractivity contribution in [1.82, 2.24) is 0 Å². The van der Waals surface area contributed by atoms with Crippen molar-refractivity contribution in [2.75, 3.05) is 7.11 Å². The summed E-state index contributed by atoms with van der Waals surface area (Å²) < 4.78 is 4.78. The average molecular weight is 455 g/mol. The summed E-state index contributed by atoms with van der Waals surface area (Å²) in [5, 5.41) is 28.1. The third kappa shape index (κ3) is 5.00. The summed E-state index contributed by atoms with van der Waals surface area (Å²) in [7, 11) is 1.42. The molecule has 0 bridgehead atoms. The van der Waals surface area contributed by atoms with Crippen LogP contribution < -0.4 is 0 Å². The molecule has 0 radical (unpaired) electrons. The molecule has 33 heavy (non-hydrogen) atoms. The number of hydrogen-bond acceptors (Lipinski definition) is 5. The first-order chi connectivity index (χ1) is 15.7. The SMILES string of the molecule is CCC1(CC(=O)O)CCc2ccc(O)cc21.CCC1(CC(=O)OC)CCc2ccc(O)cc21. The molecule has 2 aliphatic rings. The predicted octanol–water partition coefficient (Wildman–Crippen LogP) is 5.01. The number of benzene rings is 2. The summed E-state index contributed by atoms with van der Waals surface area (Å²) >= 11 is 0. The number of phenolic OH excluding ortho intramolecular Hbond substituents is 2. The van der Waals surface area contributed by atoms with Gasteiger partial charge in [-0.25, -0.2) is 0 Å². The van der Waals surface area contributed by atoms with Crippen LogP contribution in [0.15, 0.2) is 36.4 Å². The highest BCUT2D eigenvalue weighted by atomic mass is 16.5. The van der Waals surface area contributed by atoms with Crippen LogP contribution in [-0.2, 0) is 38.0 Å². The lowest BCUT2D eigenvalue weighted by molar-refractivity contribution is -0.142. The number of aliphatic carboxylic acids is 1. The molecular formula is C27H34O6. The van der Waals surface area contributed by atoms with E-state index in [0.717, 1.165) is 49.7 Å². The predicted molar refractivity (Wildman–Crippen MR) is 126 cm³/mol. The smallest absolute Gasteiger partial charge is 0.306 e. The van der Waals surface area contributed by atoms with E-state index in [1.54, 1.807) is 24.3 Å². The molecule has 6 nitrogen and oxygen atoms in total. The van der Waals surface area contributed by atoms with Gasteiger partial charge in [0.15, 0.2) is 0 Å². The fourth-order valence-electron chi connectivity index (χ4n) is 5.56. The topological polar surface area (TPSA) is 104 Å². The molecule has 2 aromatic rings. The van der Waals surface area contributed by atoms with Gasteiger partial charge in [-0.3, -0.25) is 9.59 Å². The van der Waals surface area contributed by atoms with E-state index in [2.05, 4.69) is 6.92 Å². The molecule has 3 N–H and O–H groups in total. The minimum atomic E-state index is -0.766. The molecule has 0 aliphatic heterocycles. The Morgan fingerprint density at radius 1 is 0.848 bits per heavy atom. The molecule has 2 atom stereocenters. The van der Waals surface area contributed by atoms with Gasteiger partial charge in [-0.2, -0.15) is 0 Å². The normalized spacial score (nSPS) is 22.6. The lowest BCUT2D eigenvalue weighted by Gasteiger charge is -2.27. The van der Waals surface area contributed by atoms with Crippen molar-refractivity contribution in [3.05, 3.63) is 58.7 Å². The Hall–Kier alpha value is -3.02. The van der Waals surface area contributed by atoms with Gasteiger partial charge in [0.05, 0.1) is 20.0 Å². The number of phenols is 2. The van der Waals surface area contributed by atoms with Gasteiger partial charge in [-0.1, -0.05) is 26.0 Å². The number of carbonyl (C=O) groups is 2. The number of carbonyl (C=O) groups excluding carboxylic acids is 1. The Balaban J connectivity index is 0.000000186. The molecule has 2 aromatic carbocycles. The molecule has 0 saturated carbocycles. The zero-order chi connectivity index (χ0) is 24.2. The van der Waals surface area contributed by atoms with E-state index in [0.29, 0.717) is 6.42 Å². The summed E-state index contributed by atoms with van der Waals surface area (Å²) in [6.45, 7) is 4.10. The Bertz CT molecular complexity index is 1030. The van der Waals surface area contributed by atoms with Crippen LogP contribution in [0.3, 0.4) is 0 Å². The van der Waals surface area contributed by atoms with Gasteiger partial charge in [0, 0.05) is 10.8 Å². The quantitative estimate of drug-likeness (QED) is 0.530. The molecule has 0 amide bonds. The number of ether oxygens (including phenoxy) is 1. The van der Waals surface area contributed by atoms with Gasteiger partial charge in [0.1, 0.15) is 11.5 Å². The maximum absolute atomic E-state index is 11.5. The van der Waals surface area contributed by atoms with Crippen LogP contribution in [0.1, 0.15) is 74.6 Å². The van der Waals surface area contributed by atoms with Crippen LogP contribution in [-0.4, -0.2) is 34.4 Å². The molecule has 2 aliphatic carbocycles. The molecule has 4 rings (SSSR count). The van der Waals surface area contributed by atoms with Gasteiger partial charge in [0.25, 0.3) is 0 Å². The number of carboxylic acids is 1. The fourth-order valence-corrected chi connectivity index (χ4v) is 5.56. The van der Waals surface area contributed by atoms with Crippen molar-refractivity contribution < 1.29 is 29.6 Å². The Labute approximate surface area is 195 Å². The number of carboxylic acid groups (broad SMARTS) is 1. The average Bonchev–Trinajstić information content (AvgIpc) is 3.32. The van der Waals surface area contributed by atoms with Crippen molar-refractivity contribution >= 4 is 11.9 Å². The standard InChI is InChI=1S/C14H18O3.C13H16O3/c1-3-14(9-13(16)17-2)7-6-10-4-5-11(15)8-12(10)14;1-2-13(8-12(15)16)6-5-9-3-4-10(14)7-11(9)13/h4-5,8,15H,3,6-7,9H2,1-2H3;3-4,7,14H,2,5-6,8H2,1H3,(H,15,16). The third-order valence-electron chi connectivity index (χ3n) is 7.63. The molecule has 0 saturated heterocycles. The fraction of sp³-hybridized carbons (Fsp3) is 0.481. The highest BCUT2D eigenvalue weighted by Gasteiger charge is 2.40. The first-order valence-corrected chi connectivity index (χ1v) is 11.6. The second kappa shape index (κ2) is 9.86. The molecule has 0 fully saturated rings. The number of aryl methyl sites for hydroxylation is 2. The van der Waals surface area contributed by atoms with E-state index < -0.39 is 5.97 Å². The maximum Gasteiger partial charge on any atom is 0.306 e. The Kier molecular flexibility index (Phi) is 7.35. The number of fused-ring (bicyclic) bond motifs is 2. The van der Waals surface area contributed by atoms with Crippen LogP contribution in [0, 0.1) is 0 Å². The van der Waals surface area contributed by atoms with E-state index in [9.17, 15) is 19.8 Å². The molecule has 0 heterocycles.